The Balaban J connectivity index is 2.89. The summed E-state index contributed by atoms with van der Waals surface area (Å²) in [7, 11) is 0. The zero-order valence-corrected chi connectivity index (χ0v) is 16.0. The van der Waals surface area contributed by atoms with Gasteiger partial charge in [0.05, 0.1) is 30.1 Å². The molecule has 0 radical (unpaired) electrons. The van der Waals surface area contributed by atoms with Gasteiger partial charge in [0.2, 0.25) is 0 Å². The lowest BCUT2D eigenvalue weighted by Crippen LogP contribution is -2.24. The number of hydrogen-bond acceptors (Lipinski definition) is 7. The first-order valence-corrected chi connectivity index (χ1v) is 8.34. The van der Waals surface area contributed by atoms with Gasteiger partial charge in [0.15, 0.2) is 5.75 Å². The fourth-order valence-electron chi connectivity index (χ4n) is 1.80. The first-order chi connectivity index (χ1) is 11.5. The van der Waals surface area contributed by atoms with Gasteiger partial charge in [0, 0.05) is 16.6 Å². The molecule has 0 aliphatic carbocycles. The Morgan fingerprint density at radius 3 is 2.44 bits per heavy atom. The van der Waals surface area contributed by atoms with E-state index in [1.54, 1.807) is 27.7 Å². The van der Waals surface area contributed by atoms with Gasteiger partial charge < -0.3 is 14.2 Å². The van der Waals surface area contributed by atoms with Crippen LogP contribution in [0.1, 0.15) is 44.5 Å². The second-order valence-corrected chi connectivity index (χ2v) is 6.82. The summed E-state index contributed by atoms with van der Waals surface area (Å²) >= 11 is 3.17. The molecule has 9 heteroatoms. The van der Waals surface area contributed by atoms with Crippen molar-refractivity contribution in [1.82, 2.24) is 0 Å². The van der Waals surface area contributed by atoms with Crippen molar-refractivity contribution in [3.63, 3.8) is 0 Å². The number of nitro benzene ring substituents is 1. The highest BCUT2D eigenvalue weighted by Crippen LogP contribution is 2.34. The second kappa shape index (κ2) is 8.80. The lowest BCUT2D eigenvalue weighted by molar-refractivity contribution is -0.385. The van der Waals surface area contributed by atoms with E-state index in [4.69, 9.17) is 14.2 Å². The number of carbonyl (C=O) groups excluding carboxylic acids is 2. The fraction of sp³-hybridized carbons (Fsp3) is 0.500. The van der Waals surface area contributed by atoms with E-state index in [0.717, 1.165) is 6.07 Å². The minimum absolute atomic E-state index is 0.0213. The van der Waals surface area contributed by atoms with Crippen molar-refractivity contribution >= 4 is 33.6 Å². The van der Waals surface area contributed by atoms with Gasteiger partial charge >= 0.3 is 17.6 Å². The summed E-state index contributed by atoms with van der Waals surface area (Å²) in [5, 5.41) is 11.2. The van der Waals surface area contributed by atoms with Crippen LogP contribution < -0.4 is 4.74 Å². The molecule has 1 rings (SSSR count). The van der Waals surface area contributed by atoms with Crippen molar-refractivity contribution in [2.24, 2.45) is 0 Å². The number of ether oxygens (including phenoxy) is 3. The standard InChI is InChI=1S/C16H20BrNO7/c1-5-23-15(20)10-8-12(18(21)22)13(9-11(10)17)24-7-6-14(19)25-16(2,3)4/h8-9H,5-7H2,1-4H3. The van der Waals surface area contributed by atoms with Gasteiger partial charge in [-0.3, -0.25) is 14.9 Å². The molecule has 0 spiro atoms. The maximum Gasteiger partial charge on any atom is 0.339 e. The molecule has 0 unspecified atom stereocenters. The normalized spacial score (nSPS) is 10.9. The van der Waals surface area contributed by atoms with E-state index in [1.165, 1.54) is 6.07 Å². The van der Waals surface area contributed by atoms with Crippen LogP contribution in [0.5, 0.6) is 5.75 Å². The summed E-state index contributed by atoms with van der Waals surface area (Å²) in [5.74, 6) is -1.22. The minimum atomic E-state index is -0.683. The summed E-state index contributed by atoms with van der Waals surface area (Å²) in [4.78, 5) is 34.0. The van der Waals surface area contributed by atoms with Gasteiger partial charge in [-0.15, -0.1) is 0 Å². The number of halogens is 1. The average molecular weight is 418 g/mol. The van der Waals surface area contributed by atoms with Crippen LogP contribution in [-0.4, -0.2) is 35.7 Å². The van der Waals surface area contributed by atoms with Crippen LogP contribution in [0.25, 0.3) is 0 Å². The van der Waals surface area contributed by atoms with E-state index in [1.807, 2.05) is 0 Å². The van der Waals surface area contributed by atoms with E-state index < -0.39 is 28.2 Å². The number of nitrogens with zero attached hydrogens (tertiary/aromatic N) is 1. The van der Waals surface area contributed by atoms with Crippen LogP contribution in [0, 0.1) is 10.1 Å². The van der Waals surface area contributed by atoms with Gasteiger partial charge in [-0.2, -0.15) is 0 Å². The monoisotopic (exact) mass is 417 g/mol. The molecule has 0 saturated heterocycles. The highest BCUT2D eigenvalue weighted by molar-refractivity contribution is 9.10. The Kier molecular flexibility index (Phi) is 7.35. The Morgan fingerprint density at radius 1 is 1.28 bits per heavy atom. The SMILES string of the molecule is CCOC(=O)c1cc([N+](=O)[O-])c(OCCC(=O)OC(C)(C)C)cc1Br. The largest absolute Gasteiger partial charge is 0.486 e. The highest BCUT2D eigenvalue weighted by Gasteiger charge is 2.23. The maximum absolute atomic E-state index is 11.8. The molecule has 0 aromatic heterocycles. The highest BCUT2D eigenvalue weighted by atomic mass is 79.9. The summed E-state index contributed by atoms with van der Waals surface area (Å²) < 4.78 is 15.6. The van der Waals surface area contributed by atoms with Crippen LogP contribution in [0.15, 0.2) is 16.6 Å². The minimum Gasteiger partial charge on any atom is -0.486 e. The number of benzene rings is 1. The lowest BCUT2D eigenvalue weighted by Gasteiger charge is -2.19. The quantitative estimate of drug-likeness (QED) is 0.378. The van der Waals surface area contributed by atoms with Crippen molar-refractivity contribution in [2.75, 3.05) is 13.2 Å². The molecule has 0 aliphatic rings. The third kappa shape index (κ3) is 6.69. The van der Waals surface area contributed by atoms with Crippen molar-refractivity contribution in [3.05, 3.63) is 32.3 Å². The van der Waals surface area contributed by atoms with Gasteiger partial charge in [-0.25, -0.2) is 4.79 Å². The molecule has 0 bridgehead atoms. The molecule has 138 valence electrons. The van der Waals surface area contributed by atoms with Gasteiger partial charge in [-0.05, 0) is 43.6 Å². The molecular weight excluding hydrogens is 398 g/mol. The van der Waals surface area contributed by atoms with Crippen molar-refractivity contribution in [3.8, 4) is 5.75 Å². The summed E-state index contributed by atoms with van der Waals surface area (Å²) in [6.45, 7) is 6.90. The Morgan fingerprint density at radius 2 is 1.92 bits per heavy atom. The third-order valence-corrected chi connectivity index (χ3v) is 3.38. The molecule has 0 amide bonds. The van der Waals surface area contributed by atoms with Gasteiger partial charge in [0.25, 0.3) is 0 Å². The molecular formula is C16H20BrNO7. The zero-order chi connectivity index (χ0) is 19.2. The molecule has 0 heterocycles. The summed E-state index contributed by atoms with van der Waals surface area (Å²) in [6, 6.07) is 2.38. The predicted molar refractivity (Wildman–Crippen MR) is 92.7 cm³/mol. The predicted octanol–water partition coefficient (Wildman–Crippen LogP) is 3.64. The van der Waals surface area contributed by atoms with Gasteiger partial charge in [0.1, 0.15) is 5.60 Å². The topological polar surface area (TPSA) is 105 Å². The first kappa shape index (κ1) is 20.9. The van der Waals surface area contributed by atoms with Crippen LogP contribution in [0.3, 0.4) is 0 Å². The van der Waals surface area contributed by atoms with Crippen molar-refractivity contribution < 1.29 is 28.7 Å². The molecule has 0 saturated carbocycles. The maximum atomic E-state index is 11.8. The molecule has 0 N–H and O–H groups in total. The Hall–Kier alpha value is -2.16. The fourth-order valence-corrected chi connectivity index (χ4v) is 2.29. The zero-order valence-electron chi connectivity index (χ0n) is 14.5. The molecule has 0 aliphatic heterocycles. The molecule has 0 atom stereocenters. The molecule has 8 nitrogen and oxygen atoms in total. The van der Waals surface area contributed by atoms with Crippen LogP contribution in [0.2, 0.25) is 0 Å². The van der Waals surface area contributed by atoms with Crippen molar-refractivity contribution in [2.45, 2.75) is 39.7 Å². The number of esters is 2. The lowest BCUT2D eigenvalue weighted by atomic mass is 10.2. The van der Waals surface area contributed by atoms with Crippen molar-refractivity contribution in [1.29, 1.82) is 0 Å². The third-order valence-electron chi connectivity index (χ3n) is 2.72. The van der Waals surface area contributed by atoms with E-state index in [0.29, 0.717) is 4.47 Å². The molecule has 1 aromatic carbocycles. The van der Waals surface area contributed by atoms with Gasteiger partial charge in [-0.1, -0.05) is 0 Å². The van der Waals surface area contributed by atoms with Crippen LogP contribution in [0.4, 0.5) is 5.69 Å². The van der Waals surface area contributed by atoms with E-state index in [-0.39, 0.29) is 30.9 Å². The average Bonchev–Trinajstić information content (AvgIpc) is 2.45. The first-order valence-electron chi connectivity index (χ1n) is 7.55. The summed E-state index contributed by atoms with van der Waals surface area (Å²) in [6.07, 6.45) is -0.0638. The van der Waals surface area contributed by atoms with E-state index >= 15 is 0 Å². The van der Waals surface area contributed by atoms with Crippen LogP contribution in [-0.2, 0) is 14.3 Å². The second-order valence-electron chi connectivity index (χ2n) is 5.96. The Bertz CT molecular complexity index is 667. The smallest absolute Gasteiger partial charge is 0.339 e. The molecule has 1 aromatic rings. The number of rotatable bonds is 7. The summed E-state index contributed by atoms with van der Waals surface area (Å²) in [5.41, 5.74) is -0.989. The van der Waals surface area contributed by atoms with Crippen LogP contribution >= 0.6 is 15.9 Å². The van der Waals surface area contributed by atoms with E-state index in [2.05, 4.69) is 15.9 Å². The number of nitro groups is 1. The van der Waals surface area contributed by atoms with E-state index in [9.17, 15) is 19.7 Å². The molecule has 0 fully saturated rings. The number of carbonyl (C=O) groups is 2. The number of hydrogen-bond donors (Lipinski definition) is 0. The Labute approximate surface area is 153 Å². The molecule has 25 heavy (non-hydrogen) atoms.